The summed E-state index contributed by atoms with van der Waals surface area (Å²) in [7, 11) is -1.80. The van der Waals surface area contributed by atoms with Crippen LogP contribution in [-0.2, 0) is 9.84 Å². The van der Waals surface area contributed by atoms with E-state index in [4.69, 9.17) is 4.74 Å². The highest BCUT2D eigenvalue weighted by molar-refractivity contribution is 7.91. The normalized spacial score (nSPS) is 23.4. The maximum atomic E-state index is 12.8. The van der Waals surface area contributed by atoms with Gasteiger partial charge in [-0.2, -0.15) is 0 Å². The molecule has 1 aromatic rings. The highest BCUT2D eigenvalue weighted by atomic mass is 32.2. The van der Waals surface area contributed by atoms with Crippen LogP contribution in [0.2, 0.25) is 0 Å². The summed E-state index contributed by atoms with van der Waals surface area (Å²) in [5.74, 6) is 0.684. The highest BCUT2D eigenvalue weighted by Gasteiger charge is 2.41. The average Bonchev–Trinajstić information content (AvgIpc) is 2.55. The molecule has 0 bridgehead atoms. The molecule has 1 aromatic carbocycles. The van der Waals surface area contributed by atoms with Crippen LogP contribution in [0.1, 0.15) is 32.1 Å². The van der Waals surface area contributed by atoms with E-state index < -0.39 is 9.84 Å². The lowest BCUT2D eigenvalue weighted by molar-refractivity contribution is 0.237. The fraction of sp³-hybridized carbons (Fsp3) is 0.600. The van der Waals surface area contributed by atoms with Crippen molar-refractivity contribution in [2.75, 3.05) is 24.7 Å². The summed E-state index contributed by atoms with van der Waals surface area (Å²) < 4.78 is 30.9. The molecule has 2 aliphatic rings. The molecule has 20 heavy (non-hydrogen) atoms. The van der Waals surface area contributed by atoms with Crippen molar-refractivity contribution in [3.63, 3.8) is 0 Å². The van der Waals surface area contributed by atoms with Gasteiger partial charge in [0.25, 0.3) is 0 Å². The van der Waals surface area contributed by atoms with Crippen molar-refractivity contribution in [3.8, 4) is 5.75 Å². The van der Waals surface area contributed by atoms with Gasteiger partial charge in [0.15, 0.2) is 9.84 Å². The van der Waals surface area contributed by atoms with Crippen LogP contribution in [0.5, 0.6) is 5.75 Å². The van der Waals surface area contributed by atoms with Crippen molar-refractivity contribution >= 4 is 15.5 Å². The maximum absolute atomic E-state index is 12.8. The zero-order valence-corrected chi connectivity index (χ0v) is 12.6. The Hall–Kier alpha value is -1.23. The molecule has 110 valence electrons. The van der Waals surface area contributed by atoms with Gasteiger partial charge in [-0.1, -0.05) is 25.3 Å². The Morgan fingerprint density at radius 1 is 1.20 bits per heavy atom. The number of hydrogen-bond donors (Lipinski definition) is 1. The Kier molecular flexibility index (Phi) is 3.40. The van der Waals surface area contributed by atoms with E-state index in [-0.39, 0.29) is 11.2 Å². The van der Waals surface area contributed by atoms with Gasteiger partial charge in [-0.05, 0) is 25.0 Å². The molecule has 0 aromatic heterocycles. The Morgan fingerprint density at radius 3 is 2.65 bits per heavy atom. The summed E-state index contributed by atoms with van der Waals surface area (Å²) in [6.07, 6.45) is 5.47. The number of benzene rings is 1. The van der Waals surface area contributed by atoms with Crippen molar-refractivity contribution in [3.05, 3.63) is 18.2 Å². The zero-order chi connectivity index (χ0) is 14.2. The highest BCUT2D eigenvalue weighted by Crippen LogP contribution is 2.44. The lowest BCUT2D eigenvalue weighted by Gasteiger charge is -2.35. The molecule has 4 nitrogen and oxygen atoms in total. The van der Waals surface area contributed by atoms with Gasteiger partial charge < -0.3 is 10.1 Å². The smallest absolute Gasteiger partial charge is 0.184 e. The van der Waals surface area contributed by atoms with Crippen LogP contribution in [0.25, 0.3) is 0 Å². The third kappa shape index (κ3) is 2.28. The predicted molar refractivity (Wildman–Crippen MR) is 79.1 cm³/mol. The maximum Gasteiger partial charge on any atom is 0.184 e. The van der Waals surface area contributed by atoms with E-state index in [2.05, 4.69) is 5.32 Å². The largest absolute Gasteiger partial charge is 0.495 e. The molecule has 0 radical (unpaired) electrons. The summed E-state index contributed by atoms with van der Waals surface area (Å²) in [6.45, 7) is 0.742. The molecule has 0 unspecified atom stereocenters. The predicted octanol–water partition coefficient (Wildman–Crippen LogP) is 2.84. The number of anilines is 1. The minimum atomic E-state index is -3.32. The second-order valence-corrected chi connectivity index (χ2v) is 7.94. The first-order valence-corrected chi connectivity index (χ1v) is 8.85. The van der Waals surface area contributed by atoms with Gasteiger partial charge in [0.1, 0.15) is 10.6 Å². The number of hydrogen-bond acceptors (Lipinski definition) is 4. The summed E-state index contributed by atoms with van der Waals surface area (Å²) in [6, 6.07) is 5.38. The van der Waals surface area contributed by atoms with E-state index in [9.17, 15) is 8.42 Å². The SMILES string of the molecule is COc1cccc2c1S(=O)(=O)CC1(CCCCC1)CN2. The Balaban J connectivity index is 2.07. The van der Waals surface area contributed by atoms with Gasteiger partial charge in [0.2, 0.25) is 0 Å². The van der Waals surface area contributed by atoms with E-state index in [1.165, 1.54) is 13.5 Å². The van der Waals surface area contributed by atoms with Crippen molar-refractivity contribution < 1.29 is 13.2 Å². The molecular weight excluding hydrogens is 274 g/mol. The second-order valence-electron chi connectivity index (χ2n) is 6.01. The van der Waals surface area contributed by atoms with Crippen molar-refractivity contribution in [2.45, 2.75) is 37.0 Å². The Labute approximate surface area is 120 Å². The van der Waals surface area contributed by atoms with Crippen LogP contribution in [0, 0.1) is 5.41 Å². The van der Waals surface area contributed by atoms with E-state index in [0.29, 0.717) is 16.3 Å². The second kappa shape index (κ2) is 4.95. The van der Waals surface area contributed by atoms with Gasteiger partial charge in [0, 0.05) is 12.0 Å². The Bertz CT molecular complexity index is 604. The molecule has 1 spiro atoms. The molecule has 0 amide bonds. The summed E-state index contributed by atoms with van der Waals surface area (Å²) in [5.41, 5.74) is 0.577. The number of sulfone groups is 1. The van der Waals surface area contributed by atoms with Crippen molar-refractivity contribution in [1.82, 2.24) is 0 Å². The van der Waals surface area contributed by atoms with Crippen molar-refractivity contribution in [2.24, 2.45) is 5.41 Å². The third-order valence-electron chi connectivity index (χ3n) is 4.57. The molecule has 1 aliphatic carbocycles. The number of rotatable bonds is 1. The monoisotopic (exact) mass is 295 g/mol. The fourth-order valence-electron chi connectivity index (χ4n) is 3.57. The van der Waals surface area contributed by atoms with Crippen LogP contribution in [-0.4, -0.2) is 27.8 Å². The summed E-state index contributed by atoms with van der Waals surface area (Å²) in [5, 5.41) is 3.36. The third-order valence-corrected chi connectivity index (χ3v) is 6.61. The van der Waals surface area contributed by atoms with E-state index in [0.717, 1.165) is 32.2 Å². The van der Waals surface area contributed by atoms with Gasteiger partial charge in [0.05, 0.1) is 18.6 Å². The van der Waals surface area contributed by atoms with Crippen LogP contribution >= 0.6 is 0 Å². The first kappa shape index (κ1) is 13.7. The number of methoxy groups -OCH3 is 1. The molecule has 0 atom stereocenters. The molecule has 0 saturated heterocycles. The molecule has 1 N–H and O–H groups in total. The number of ether oxygens (including phenoxy) is 1. The fourth-order valence-corrected chi connectivity index (χ4v) is 5.84. The number of nitrogens with one attached hydrogen (secondary N) is 1. The molecule has 1 aliphatic heterocycles. The average molecular weight is 295 g/mol. The quantitative estimate of drug-likeness (QED) is 0.865. The van der Waals surface area contributed by atoms with Crippen LogP contribution in [0.4, 0.5) is 5.69 Å². The Morgan fingerprint density at radius 2 is 1.95 bits per heavy atom. The van der Waals surface area contributed by atoms with Crippen LogP contribution in [0.3, 0.4) is 0 Å². The minimum absolute atomic E-state index is 0.110. The minimum Gasteiger partial charge on any atom is -0.495 e. The molecule has 1 heterocycles. The van der Waals surface area contributed by atoms with Gasteiger partial charge in [-0.25, -0.2) is 8.42 Å². The first-order chi connectivity index (χ1) is 9.56. The van der Waals surface area contributed by atoms with E-state index in [1.54, 1.807) is 6.07 Å². The van der Waals surface area contributed by atoms with E-state index in [1.807, 2.05) is 12.1 Å². The summed E-state index contributed by atoms with van der Waals surface area (Å²) in [4.78, 5) is 0.338. The van der Waals surface area contributed by atoms with Gasteiger partial charge in [-0.15, -0.1) is 0 Å². The molecule has 5 heteroatoms. The summed E-state index contributed by atoms with van der Waals surface area (Å²) >= 11 is 0. The lowest BCUT2D eigenvalue weighted by atomic mass is 9.75. The van der Waals surface area contributed by atoms with Crippen LogP contribution in [0.15, 0.2) is 23.1 Å². The van der Waals surface area contributed by atoms with Crippen LogP contribution < -0.4 is 10.1 Å². The van der Waals surface area contributed by atoms with E-state index >= 15 is 0 Å². The van der Waals surface area contributed by atoms with Gasteiger partial charge in [-0.3, -0.25) is 0 Å². The molecule has 3 rings (SSSR count). The molecule has 1 saturated carbocycles. The molecule has 1 fully saturated rings. The van der Waals surface area contributed by atoms with Crippen molar-refractivity contribution in [1.29, 1.82) is 0 Å². The standard InChI is InChI=1S/C15H21NO3S/c1-19-13-7-5-6-12-14(13)20(17,18)11-15(10-16-12)8-3-2-4-9-15/h5-7,16H,2-4,8-11H2,1H3. The number of fused-ring (bicyclic) bond motifs is 1. The molecular formula is C15H21NO3S. The zero-order valence-electron chi connectivity index (χ0n) is 11.8. The lowest BCUT2D eigenvalue weighted by Crippen LogP contribution is -2.36. The topological polar surface area (TPSA) is 55.4 Å². The van der Waals surface area contributed by atoms with Gasteiger partial charge >= 0.3 is 0 Å². The first-order valence-electron chi connectivity index (χ1n) is 7.20.